The van der Waals surface area contributed by atoms with Gasteiger partial charge in [0.15, 0.2) is 0 Å². The molecule has 30 heteroatoms. The van der Waals surface area contributed by atoms with Crippen molar-refractivity contribution in [1.29, 1.82) is 0 Å². The van der Waals surface area contributed by atoms with E-state index in [-0.39, 0.29) is 26.3 Å². The molecule has 0 aliphatic heterocycles. The molecule has 0 aromatic carbocycles. The summed E-state index contributed by atoms with van der Waals surface area (Å²) < 4.78 is 69.1. The smallest absolute Gasteiger partial charge is 0.414 e. The van der Waals surface area contributed by atoms with E-state index in [0.717, 1.165) is 43.4 Å². The first-order valence-electron chi connectivity index (χ1n) is 30.2. The topological polar surface area (TPSA) is 266 Å². The Kier molecular flexibility index (Phi) is 34.2. The van der Waals surface area contributed by atoms with Gasteiger partial charge < -0.3 is 29.6 Å². The lowest BCUT2D eigenvalue weighted by atomic mass is 10.2. The largest absolute Gasteiger partial charge is 0.480 e. The van der Waals surface area contributed by atoms with Gasteiger partial charge in [-0.25, -0.2) is 47.5 Å². The van der Waals surface area contributed by atoms with Crippen molar-refractivity contribution in [3.63, 3.8) is 0 Å². The van der Waals surface area contributed by atoms with E-state index in [4.69, 9.17) is 19.3 Å². The van der Waals surface area contributed by atoms with Crippen LogP contribution in [0.15, 0.2) is 175 Å². The van der Waals surface area contributed by atoms with Gasteiger partial charge >= 0.3 is 24.2 Å². The zero-order chi connectivity index (χ0) is 72.4. The maximum atomic E-state index is 12.9. The van der Waals surface area contributed by atoms with Gasteiger partial charge in [0.1, 0.15) is 57.7 Å². The number of rotatable bonds is 15. The van der Waals surface area contributed by atoms with E-state index < -0.39 is 61.1 Å². The van der Waals surface area contributed by atoms with Crippen molar-refractivity contribution in [2.24, 2.45) is 0 Å². The van der Waals surface area contributed by atoms with Crippen molar-refractivity contribution in [3.8, 4) is 11.6 Å². The van der Waals surface area contributed by atoms with Crippen molar-refractivity contribution in [2.75, 3.05) is 92.7 Å². The predicted molar refractivity (Wildman–Crippen MR) is 387 cm³/mol. The minimum Gasteiger partial charge on any atom is -0.480 e. The number of H-pyrrole nitrogens is 1. The average Bonchev–Trinajstić information content (AvgIpc) is 1.65. The number of hydrogen-bond donors (Lipinski definition) is 4. The van der Waals surface area contributed by atoms with Gasteiger partial charge in [0.25, 0.3) is 0 Å². The summed E-state index contributed by atoms with van der Waals surface area (Å²) in [5.74, 6) is 0.708. The van der Waals surface area contributed by atoms with Crippen LogP contribution in [-0.4, -0.2) is 172 Å². The van der Waals surface area contributed by atoms with E-state index in [1.54, 1.807) is 134 Å². The molecular formula is C68H82Br3F4N15O8. The van der Waals surface area contributed by atoms with Crippen LogP contribution in [0, 0.1) is 0 Å². The number of carbonyl (C=O) groups is 4. The molecule has 3 amide bonds. The number of halogens is 7. The van der Waals surface area contributed by atoms with Crippen LogP contribution >= 0.6 is 47.8 Å². The molecule has 0 atom stereocenters. The first kappa shape index (κ1) is 81.3. The number of nitrogens with one attached hydrogen (secondary N) is 3. The maximum absolute atomic E-state index is 12.9. The van der Waals surface area contributed by atoms with Gasteiger partial charge in [0.2, 0.25) is 0 Å². The zero-order valence-electron chi connectivity index (χ0n) is 56.3. The fourth-order valence-electron chi connectivity index (χ4n) is 7.87. The average molecular weight is 1550 g/mol. The number of aromatic nitrogens is 10. The first-order chi connectivity index (χ1) is 46.5. The third-order valence-electron chi connectivity index (χ3n) is 11.8. The van der Waals surface area contributed by atoms with E-state index in [0.29, 0.717) is 39.4 Å². The highest BCUT2D eigenvalue weighted by molar-refractivity contribution is 9.10. The van der Waals surface area contributed by atoms with Crippen molar-refractivity contribution in [3.05, 3.63) is 175 Å². The minimum absolute atomic E-state index is 0.0573. The molecule has 0 unspecified atom stereocenters. The summed E-state index contributed by atoms with van der Waals surface area (Å²) in [4.78, 5) is 81.5. The summed E-state index contributed by atoms with van der Waals surface area (Å²) >= 11 is 9.28. The van der Waals surface area contributed by atoms with Gasteiger partial charge in [-0.3, -0.25) is 53.3 Å². The Balaban J connectivity index is 0.000000257. The summed E-state index contributed by atoms with van der Waals surface area (Å²) in [6.45, 7) is 14.3. The lowest BCUT2D eigenvalue weighted by Gasteiger charge is -2.26. The summed E-state index contributed by atoms with van der Waals surface area (Å²) in [5.41, 5.74) is 3.68. The van der Waals surface area contributed by atoms with Crippen LogP contribution in [-0.2, 0) is 19.0 Å². The highest BCUT2D eigenvalue weighted by Gasteiger charge is 2.25. The highest BCUT2D eigenvalue weighted by atomic mass is 79.9. The molecule has 10 rings (SSSR count). The molecule has 526 valence electrons. The maximum Gasteiger partial charge on any atom is 0.414 e. The Morgan fingerprint density at radius 2 is 0.990 bits per heavy atom. The van der Waals surface area contributed by atoms with Crippen LogP contribution in [0.4, 0.5) is 54.7 Å². The zero-order valence-corrected chi connectivity index (χ0v) is 61.0. The standard InChI is InChI=1S/C19H21FN4O2.C14H13FN4.C12H16BrFN2O2.C10H13BrN2O2.C7H6N2.C4H9NO2.C2H4BrF/c1-19(2,3)26-18(25)23(11-8-20)15-4-5-17(22-12-15)24-10-7-14-6-9-21-13-16(14)24;15-5-7-17-12-1-2-14(18-9-12)19-8-4-11-3-6-16-10-13(11)19;1-12(2,3)18-11(17)16(7-6-14)9-4-5-10(13)15-8-9;1-10(2,3)15-9(14)13-7-4-5-8(11)12-6-7;1-3-8-5-7-6(1)2-4-9-7;1-5(2)3-4(6)7;3-1-2-4/h4-7,9-10,12-13H,8,11H2,1-3H3;1-4,6,8-10,17H,5,7H2;4-5,8H,6-7H2,1-3H3;4-6H,1-3H3,(H,13,14);1-5,9H;3H2,1-2H3,(H,6,7);1-2H2. The second-order valence-electron chi connectivity index (χ2n) is 23.6. The number of amides is 3. The SMILES string of the molecule is CC(C)(C)OC(=O)N(CCF)c1ccc(-n2ccc3ccncc32)nc1.CC(C)(C)OC(=O)N(CCF)c1ccc(Br)nc1.CC(C)(C)OC(=O)Nc1ccc(Br)nc1.CN(C)CC(=O)O.FCCBr.FCCNc1ccc(-n2ccc3ccncc32)nc1.c1cc2cc[nH]c2cn1. The molecule has 10 aromatic heterocycles. The molecule has 0 saturated heterocycles. The lowest BCUT2D eigenvalue weighted by Crippen LogP contribution is -2.38. The number of nitrogens with zero attached hydrogens (tertiary/aromatic N) is 12. The van der Waals surface area contributed by atoms with Gasteiger partial charge in [-0.05, 0) is 193 Å². The first-order valence-corrected chi connectivity index (χ1v) is 33.0. The van der Waals surface area contributed by atoms with Gasteiger partial charge in [-0.15, -0.1) is 0 Å². The number of fused-ring (bicyclic) bond motifs is 3. The fourth-order valence-corrected chi connectivity index (χ4v) is 8.34. The van der Waals surface area contributed by atoms with Crippen LogP contribution < -0.4 is 20.4 Å². The Morgan fingerprint density at radius 1 is 0.541 bits per heavy atom. The number of carboxylic acids is 1. The minimum atomic E-state index is -0.787. The molecule has 4 N–H and O–H groups in total. The number of ether oxygens (including phenoxy) is 3. The van der Waals surface area contributed by atoms with Gasteiger partial charge in [-0.1, -0.05) is 15.9 Å². The molecule has 98 heavy (non-hydrogen) atoms. The van der Waals surface area contributed by atoms with Gasteiger partial charge in [0, 0.05) is 65.2 Å². The summed E-state index contributed by atoms with van der Waals surface area (Å²) in [6, 6.07) is 26.0. The Labute approximate surface area is 592 Å². The van der Waals surface area contributed by atoms with Crippen molar-refractivity contribution in [2.45, 2.75) is 79.1 Å². The van der Waals surface area contributed by atoms with Crippen LogP contribution in [0.3, 0.4) is 0 Å². The van der Waals surface area contributed by atoms with Crippen molar-refractivity contribution >= 4 is 127 Å². The molecule has 0 saturated carbocycles. The number of aromatic amines is 1. The normalized spacial score (nSPS) is 10.8. The van der Waals surface area contributed by atoms with E-state index in [9.17, 15) is 36.7 Å². The van der Waals surface area contributed by atoms with Crippen LogP contribution in [0.5, 0.6) is 0 Å². The lowest BCUT2D eigenvalue weighted by molar-refractivity contribution is -0.137. The molecule has 10 heterocycles. The third kappa shape index (κ3) is 30.1. The third-order valence-corrected chi connectivity index (χ3v) is 13.1. The van der Waals surface area contributed by atoms with Crippen LogP contribution in [0.2, 0.25) is 0 Å². The van der Waals surface area contributed by atoms with Crippen LogP contribution in [0.25, 0.3) is 44.3 Å². The molecule has 0 bridgehead atoms. The predicted octanol–water partition coefficient (Wildman–Crippen LogP) is 16.2. The number of anilines is 4. The Hall–Kier alpha value is -9.13. The monoisotopic (exact) mass is 1550 g/mol. The van der Waals surface area contributed by atoms with E-state index >= 15 is 0 Å². The van der Waals surface area contributed by atoms with E-state index in [2.05, 4.69) is 98.3 Å². The molecule has 0 aliphatic carbocycles. The molecule has 23 nitrogen and oxygen atoms in total. The highest BCUT2D eigenvalue weighted by Crippen LogP contribution is 2.24. The number of likely N-dealkylation sites (N-methyl/N-ethyl adjacent to an activating group) is 1. The Morgan fingerprint density at radius 3 is 1.38 bits per heavy atom. The summed E-state index contributed by atoms with van der Waals surface area (Å²) in [5, 5.41) is 17.4. The van der Waals surface area contributed by atoms with Crippen molar-refractivity contribution < 1.29 is 56.1 Å². The quantitative estimate of drug-likeness (QED) is 0.0322. The fraction of sp³-hybridized carbons (Fsp3) is 0.338. The molecule has 0 spiro atoms. The molecule has 0 fully saturated rings. The summed E-state index contributed by atoms with van der Waals surface area (Å²) in [6.07, 6.45) is 21.1. The second-order valence-corrected chi connectivity index (χ2v) is 26.0. The molecular weight excluding hydrogens is 1470 g/mol. The molecule has 10 aromatic rings. The van der Waals surface area contributed by atoms with E-state index in [1.807, 2.05) is 109 Å². The number of carbonyl (C=O) groups excluding carboxylic acids is 3. The number of pyridine rings is 7. The van der Waals surface area contributed by atoms with Crippen molar-refractivity contribution in [1.82, 2.24) is 53.9 Å². The molecule has 0 aliphatic rings. The molecule has 0 radical (unpaired) electrons. The second kappa shape index (κ2) is 41.2. The van der Waals surface area contributed by atoms with Crippen LogP contribution in [0.1, 0.15) is 62.3 Å². The van der Waals surface area contributed by atoms with E-state index in [1.165, 1.54) is 27.6 Å². The number of aliphatic carboxylic acids is 1. The Bertz CT molecular complexity index is 3950. The van der Waals surface area contributed by atoms with Gasteiger partial charge in [0.05, 0.1) is 109 Å². The number of hydrogen-bond acceptors (Lipinski definition) is 16. The number of alkyl halides is 5. The van der Waals surface area contributed by atoms with Gasteiger partial charge in [-0.2, -0.15) is 0 Å². The number of carboxylic acid groups (broad SMARTS) is 1. The summed E-state index contributed by atoms with van der Waals surface area (Å²) in [7, 11) is 3.43.